The number of alkyl halides is 9. The molecule has 0 aromatic heterocycles. The first-order chi connectivity index (χ1) is 15.2. The van der Waals surface area contributed by atoms with Crippen molar-refractivity contribution in [3.05, 3.63) is 63.7 Å². The van der Waals surface area contributed by atoms with Crippen LogP contribution in [0.2, 0.25) is 0 Å². The summed E-state index contributed by atoms with van der Waals surface area (Å²) >= 11 is 0. The largest absolute Gasteiger partial charge is 0.422 e. The zero-order valence-electron chi connectivity index (χ0n) is 15.9. The summed E-state index contributed by atoms with van der Waals surface area (Å²) < 4.78 is 170. The zero-order valence-corrected chi connectivity index (χ0v) is 15.9. The Balaban J connectivity index is 2.39. The maximum Gasteiger partial charge on any atom is 0.422 e. The molecule has 0 bridgehead atoms. The van der Waals surface area contributed by atoms with Crippen LogP contribution in [0.5, 0.6) is 0 Å². The lowest BCUT2D eigenvalue weighted by molar-refractivity contribution is -0.144. The average Bonchev–Trinajstić information content (AvgIpc) is 2.67. The Morgan fingerprint density at radius 1 is 0.735 bits per heavy atom. The van der Waals surface area contributed by atoms with Gasteiger partial charge in [0.05, 0.1) is 17.2 Å². The molecule has 188 valence electrons. The number of anilines is 1. The van der Waals surface area contributed by atoms with Gasteiger partial charge in [-0.3, -0.25) is 4.79 Å². The van der Waals surface area contributed by atoms with Gasteiger partial charge in [0, 0.05) is 0 Å². The zero-order chi connectivity index (χ0) is 26.4. The number of rotatable bonds is 4. The van der Waals surface area contributed by atoms with Crippen molar-refractivity contribution in [2.45, 2.75) is 31.0 Å². The predicted molar refractivity (Wildman–Crippen MR) is 88.0 cm³/mol. The fourth-order valence-electron chi connectivity index (χ4n) is 2.69. The lowest BCUT2D eigenvalue weighted by Crippen LogP contribution is -2.38. The van der Waals surface area contributed by atoms with Gasteiger partial charge < -0.3 is 11.1 Å². The van der Waals surface area contributed by atoms with Crippen LogP contribution >= 0.6 is 0 Å². The number of nitrogens with one attached hydrogen (secondary N) is 1. The molecular weight excluding hydrogens is 507 g/mol. The van der Waals surface area contributed by atoms with Gasteiger partial charge in [0.1, 0.15) is 11.3 Å². The molecule has 0 saturated heterocycles. The minimum Gasteiger partial charge on any atom is -0.320 e. The molecule has 34 heavy (non-hydrogen) atoms. The van der Waals surface area contributed by atoms with Crippen molar-refractivity contribution in [2.75, 3.05) is 5.32 Å². The standard InChI is InChI=1S/C18H9F13N2O/c19-10-9(18(29,30)31)11(20)13(22)14(12(10)21)33-15(34)8(32)3-5-1-6(16(23,24)25)4-7(2-5)17(26,27)28/h1-2,4,8H,3,32H2,(H,33,34)/t8-/m0/s1. The predicted octanol–water partition coefficient (Wildman–Crippen LogP) is 5.81. The average molecular weight is 516 g/mol. The summed E-state index contributed by atoms with van der Waals surface area (Å²) in [7, 11) is 0. The van der Waals surface area contributed by atoms with E-state index in [0.717, 1.165) is 5.32 Å². The van der Waals surface area contributed by atoms with Crippen molar-refractivity contribution in [3.63, 3.8) is 0 Å². The fourth-order valence-corrected chi connectivity index (χ4v) is 2.69. The van der Waals surface area contributed by atoms with Crippen molar-refractivity contribution in [3.8, 4) is 0 Å². The lowest BCUT2D eigenvalue weighted by atomic mass is 9.99. The van der Waals surface area contributed by atoms with Gasteiger partial charge in [-0.1, -0.05) is 0 Å². The Hall–Kier alpha value is -3.04. The highest BCUT2D eigenvalue weighted by molar-refractivity contribution is 5.95. The normalized spacial score (nSPS) is 13.7. The van der Waals surface area contributed by atoms with E-state index in [9.17, 15) is 61.9 Å². The molecule has 0 aliphatic heterocycles. The molecule has 0 heterocycles. The van der Waals surface area contributed by atoms with Crippen LogP contribution in [0.25, 0.3) is 0 Å². The summed E-state index contributed by atoms with van der Waals surface area (Å²) in [6.07, 6.45) is -17.5. The maximum absolute atomic E-state index is 13.9. The molecule has 0 radical (unpaired) electrons. The highest BCUT2D eigenvalue weighted by Crippen LogP contribution is 2.39. The Kier molecular flexibility index (Phi) is 7.17. The summed E-state index contributed by atoms with van der Waals surface area (Å²) in [6, 6.07) is -1.99. The molecule has 2 aromatic carbocycles. The highest BCUT2D eigenvalue weighted by Gasteiger charge is 2.43. The fraction of sp³-hybridized carbons (Fsp3) is 0.278. The Bertz CT molecular complexity index is 1040. The van der Waals surface area contributed by atoms with Crippen LogP contribution in [0.3, 0.4) is 0 Å². The summed E-state index contributed by atoms with van der Waals surface area (Å²) in [4.78, 5) is 12.0. The van der Waals surface area contributed by atoms with Gasteiger partial charge in [0.15, 0.2) is 23.3 Å². The van der Waals surface area contributed by atoms with Crippen molar-refractivity contribution in [2.24, 2.45) is 5.73 Å². The number of carbonyl (C=O) groups is 1. The van der Waals surface area contributed by atoms with Crippen molar-refractivity contribution in [1.82, 2.24) is 0 Å². The minimum atomic E-state index is -5.87. The van der Waals surface area contributed by atoms with Gasteiger partial charge in [-0.2, -0.15) is 39.5 Å². The second kappa shape index (κ2) is 8.96. The first kappa shape index (κ1) is 27.2. The van der Waals surface area contributed by atoms with Crippen LogP contribution < -0.4 is 11.1 Å². The topological polar surface area (TPSA) is 55.1 Å². The van der Waals surface area contributed by atoms with Gasteiger partial charge in [0.2, 0.25) is 5.91 Å². The molecule has 0 aliphatic carbocycles. The molecule has 1 atom stereocenters. The van der Waals surface area contributed by atoms with Crippen LogP contribution in [-0.2, 0) is 29.7 Å². The highest BCUT2D eigenvalue weighted by atomic mass is 19.4. The summed E-state index contributed by atoms with van der Waals surface area (Å²) in [6.45, 7) is 0. The Morgan fingerprint density at radius 2 is 1.15 bits per heavy atom. The maximum atomic E-state index is 13.9. The van der Waals surface area contributed by atoms with Crippen LogP contribution in [0.4, 0.5) is 62.8 Å². The monoisotopic (exact) mass is 516 g/mol. The summed E-state index contributed by atoms with van der Waals surface area (Å²) in [5.41, 5.74) is -4.02. The number of hydrogen-bond acceptors (Lipinski definition) is 2. The lowest BCUT2D eigenvalue weighted by Gasteiger charge is -2.18. The molecular formula is C18H9F13N2O. The quantitative estimate of drug-likeness (QED) is 0.399. The van der Waals surface area contributed by atoms with E-state index in [1.165, 1.54) is 0 Å². The van der Waals surface area contributed by atoms with E-state index < -0.39 is 88.1 Å². The molecule has 0 aliphatic rings. The molecule has 3 nitrogen and oxygen atoms in total. The summed E-state index contributed by atoms with van der Waals surface area (Å²) in [5, 5.41) is 1.14. The third-order valence-corrected chi connectivity index (χ3v) is 4.23. The van der Waals surface area contributed by atoms with Gasteiger partial charge in [0.25, 0.3) is 0 Å². The Morgan fingerprint density at radius 3 is 1.50 bits per heavy atom. The third kappa shape index (κ3) is 5.71. The second-order valence-corrected chi connectivity index (χ2v) is 6.72. The van der Waals surface area contributed by atoms with E-state index in [0.29, 0.717) is 0 Å². The van der Waals surface area contributed by atoms with Crippen molar-refractivity contribution in [1.29, 1.82) is 0 Å². The molecule has 2 aromatic rings. The van der Waals surface area contributed by atoms with E-state index in [2.05, 4.69) is 0 Å². The number of amides is 1. The SMILES string of the molecule is N[C@@H](Cc1cc(C(F)(F)F)cc(C(F)(F)F)c1)C(=O)Nc1c(F)c(F)c(C(F)(F)F)c(F)c1F. The van der Waals surface area contributed by atoms with Crippen molar-refractivity contribution < 1.29 is 61.9 Å². The molecule has 1 amide bonds. The first-order valence-electron chi connectivity index (χ1n) is 8.53. The van der Waals surface area contributed by atoms with E-state index in [-0.39, 0.29) is 18.2 Å². The van der Waals surface area contributed by atoms with Crippen LogP contribution in [0.1, 0.15) is 22.3 Å². The number of carbonyl (C=O) groups excluding carboxylic acids is 1. The molecule has 3 N–H and O–H groups in total. The van der Waals surface area contributed by atoms with E-state index >= 15 is 0 Å². The van der Waals surface area contributed by atoms with Crippen LogP contribution in [0, 0.1) is 23.3 Å². The van der Waals surface area contributed by atoms with Crippen molar-refractivity contribution >= 4 is 11.6 Å². The molecule has 0 saturated carbocycles. The number of halogens is 13. The van der Waals surface area contributed by atoms with Gasteiger partial charge in [-0.25, -0.2) is 17.6 Å². The molecule has 0 fully saturated rings. The van der Waals surface area contributed by atoms with E-state index in [1.54, 1.807) is 0 Å². The first-order valence-corrected chi connectivity index (χ1v) is 8.53. The summed E-state index contributed by atoms with van der Waals surface area (Å²) in [5.74, 6) is -13.0. The number of hydrogen-bond donors (Lipinski definition) is 2. The minimum absolute atomic E-state index is 0.195. The van der Waals surface area contributed by atoms with Gasteiger partial charge in [-0.15, -0.1) is 0 Å². The third-order valence-electron chi connectivity index (χ3n) is 4.23. The van der Waals surface area contributed by atoms with Crippen LogP contribution in [0.15, 0.2) is 18.2 Å². The van der Waals surface area contributed by atoms with Gasteiger partial charge in [-0.05, 0) is 30.2 Å². The van der Waals surface area contributed by atoms with E-state index in [1.807, 2.05) is 0 Å². The molecule has 16 heteroatoms. The smallest absolute Gasteiger partial charge is 0.320 e. The Labute approximate surface area is 180 Å². The molecule has 2 rings (SSSR count). The number of nitrogens with two attached hydrogens (primary N) is 1. The molecule has 0 unspecified atom stereocenters. The number of benzene rings is 2. The van der Waals surface area contributed by atoms with Gasteiger partial charge >= 0.3 is 18.5 Å². The molecule has 0 spiro atoms. The second-order valence-electron chi connectivity index (χ2n) is 6.72. The van der Waals surface area contributed by atoms with Crippen LogP contribution in [-0.4, -0.2) is 11.9 Å². The van der Waals surface area contributed by atoms with E-state index in [4.69, 9.17) is 5.73 Å².